The lowest BCUT2D eigenvalue weighted by Crippen LogP contribution is -2.22. The van der Waals surface area contributed by atoms with Gasteiger partial charge in [0.2, 0.25) is 0 Å². The highest BCUT2D eigenvalue weighted by Gasteiger charge is 2.15. The van der Waals surface area contributed by atoms with E-state index >= 15 is 0 Å². The van der Waals surface area contributed by atoms with Crippen LogP contribution in [0.25, 0.3) is 0 Å². The molecule has 3 nitrogen and oxygen atoms in total. The number of nitrogens with zero attached hydrogens (tertiary/aromatic N) is 1. The highest BCUT2D eigenvalue weighted by atomic mass is 16.1. The van der Waals surface area contributed by atoms with Crippen molar-refractivity contribution in [2.75, 3.05) is 0 Å². The van der Waals surface area contributed by atoms with E-state index in [1.165, 1.54) is 6.42 Å². The smallest absolute Gasteiger partial charge is 0.269 e. The van der Waals surface area contributed by atoms with Crippen LogP contribution in [0.3, 0.4) is 0 Å². The summed E-state index contributed by atoms with van der Waals surface area (Å²) in [7, 11) is 0. The maximum absolute atomic E-state index is 12.4. The number of hydrogen-bond acceptors (Lipinski definition) is 1. The summed E-state index contributed by atoms with van der Waals surface area (Å²) in [5.74, 6) is 1.02. The second-order valence-electron chi connectivity index (χ2n) is 6.08. The van der Waals surface area contributed by atoms with Crippen molar-refractivity contribution >= 4 is 0 Å². The van der Waals surface area contributed by atoms with E-state index in [0.717, 1.165) is 37.1 Å². The Bertz CT molecular complexity index is 413. The summed E-state index contributed by atoms with van der Waals surface area (Å²) in [5, 5.41) is 3.33. The monoisotopic (exact) mass is 252 g/mol. The van der Waals surface area contributed by atoms with Crippen LogP contribution in [0, 0.1) is 11.8 Å². The van der Waals surface area contributed by atoms with E-state index in [9.17, 15) is 4.79 Å². The SMILES string of the molecule is CCCCc1[nH]n(CC(C)C)c(=O)c1CC(C)C. The van der Waals surface area contributed by atoms with Gasteiger partial charge < -0.3 is 0 Å². The van der Waals surface area contributed by atoms with Crippen molar-refractivity contribution < 1.29 is 0 Å². The fourth-order valence-electron chi connectivity index (χ4n) is 2.25. The molecule has 0 atom stereocenters. The van der Waals surface area contributed by atoms with Gasteiger partial charge in [-0.15, -0.1) is 0 Å². The molecule has 1 N–H and O–H groups in total. The number of hydrogen-bond donors (Lipinski definition) is 1. The molecular weight excluding hydrogens is 224 g/mol. The Morgan fingerprint density at radius 3 is 2.33 bits per heavy atom. The molecule has 18 heavy (non-hydrogen) atoms. The van der Waals surface area contributed by atoms with Gasteiger partial charge >= 0.3 is 0 Å². The molecular formula is C15H28N2O. The first-order valence-corrected chi connectivity index (χ1v) is 7.26. The number of aromatic amines is 1. The molecule has 1 aromatic rings. The Labute approximate surface area is 111 Å². The van der Waals surface area contributed by atoms with E-state index in [1.807, 2.05) is 0 Å². The van der Waals surface area contributed by atoms with Crippen molar-refractivity contribution in [2.24, 2.45) is 11.8 Å². The minimum Gasteiger partial charge on any atom is -0.299 e. The molecule has 0 bridgehead atoms. The summed E-state index contributed by atoms with van der Waals surface area (Å²) in [4.78, 5) is 12.4. The maximum Gasteiger partial charge on any atom is 0.269 e. The minimum atomic E-state index is 0.198. The average molecular weight is 252 g/mol. The Morgan fingerprint density at radius 1 is 1.17 bits per heavy atom. The fraction of sp³-hybridized carbons (Fsp3) is 0.800. The first-order valence-electron chi connectivity index (χ1n) is 7.26. The summed E-state index contributed by atoms with van der Waals surface area (Å²) in [5.41, 5.74) is 2.37. The van der Waals surface area contributed by atoms with Gasteiger partial charge in [0.25, 0.3) is 5.56 Å². The second kappa shape index (κ2) is 6.81. The van der Waals surface area contributed by atoms with Crippen LogP contribution in [0.15, 0.2) is 4.79 Å². The molecule has 0 radical (unpaired) electrons. The number of aryl methyl sites for hydroxylation is 1. The molecule has 0 spiro atoms. The highest BCUT2D eigenvalue weighted by molar-refractivity contribution is 5.18. The molecule has 1 heterocycles. The van der Waals surface area contributed by atoms with Gasteiger partial charge in [-0.2, -0.15) is 0 Å². The summed E-state index contributed by atoms with van der Waals surface area (Å²) in [6, 6.07) is 0. The van der Waals surface area contributed by atoms with Crippen LogP contribution in [-0.2, 0) is 19.4 Å². The number of rotatable bonds is 7. The van der Waals surface area contributed by atoms with Crippen LogP contribution in [0.1, 0.15) is 58.7 Å². The van der Waals surface area contributed by atoms with Gasteiger partial charge in [0.1, 0.15) is 0 Å². The number of nitrogens with one attached hydrogen (secondary N) is 1. The quantitative estimate of drug-likeness (QED) is 0.793. The van der Waals surface area contributed by atoms with Crippen molar-refractivity contribution in [3.8, 4) is 0 Å². The molecule has 1 aromatic heterocycles. The van der Waals surface area contributed by atoms with Gasteiger partial charge in [0.15, 0.2) is 0 Å². The van der Waals surface area contributed by atoms with Crippen molar-refractivity contribution in [3.63, 3.8) is 0 Å². The molecule has 0 aliphatic heterocycles. The van der Waals surface area contributed by atoms with Crippen LogP contribution in [0.4, 0.5) is 0 Å². The molecule has 104 valence electrons. The Balaban J connectivity index is 3.01. The van der Waals surface area contributed by atoms with Crippen LogP contribution < -0.4 is 5.56 Å². The molecule has 0 fully saturated rings. The van der Waals surface area contributed by atoms with Crippen molar-refractivity contribution in [1.29, 1.82) is 0 Å². The van der Waals surface area contributed by atoms with Gasteiger partial charge in [0.05, 0.1) is 0 Å². The number of H-pyrrole nitrogens is 1. The molecule has 1 rings (SSSR count). The third-order valence-corrected chi connectivity index (χ3v) is 3.08. The number of unbranched alkanes of at least 4 members (excludes halogenated alkanes) is 1. The first kappa shape index (κ1) is 15.1. The van der Waals surface area contributed by atoms with Crippen LogP contribution in [0.5, 0.6) is 0 Å². The lowest BCUT2D eigenvalue weighted by atomic mass is 10.0. The zero-order chi connectivity index (χ0) is 13.7. The fourth-order valence-corrected chi connectivity index (χ4v) is 2.25. The summed E-state index contributed by atoms with van der Waals surface area (Å²) < 4.78 is 1.80. The molecule has 3 heteroatoms. The minimum absolute atomic E-state index is 0.198. The number of aromatic nitrogens is 2. The lowest BCUT2D eigenvalue weighted by molar-refractivity contribution is 0.468. The third-order valence-electron chi connectivity index (χ3n) is 3.08. The molecule has 0 aliphatic carbocycles. The standard InChI is InChI=1S/C15H28N2O/c1-6-7-8-14-13(9-11(2)3)15(18)17(16-14)10-12(4)5/h11-12,16H,6-10H2,1-5H3. The Kier molecular flexibility index (Phi) is 5.70. The second-order valence-corrected chi connectivity index (χ2v) is 6.08. The highest BCUT2D eigenvalue weighted by Crippen LogP contribution is 2.12. The van der Waals surface area contributed by atoms with Crippen molar-refractivity contribution in [2.45, 2.75) is 66.8 Å². The average Bonchev–Trinajstić information content (AvgIpc) is 2.53. The zero-order valence-electron chi connectivity index (χ0n) is 12.5. The Hall–Kier alpha value is -0.990. The van der Waals surface area contributed by atoms with Crippen molar-refractivity contribution in [3.05, 3.63) is 21.6 Å². The van der Waals surface area contributed by atoms with Crippen molar-refractivity contribution in [1.82, 2.24) is 9.78 Å². The predicted molar refractivity (Wildman–Crippen MR) is 77.0 cm³/mol. The van der Waals surface area contributed by atoms with Gasteiger partial charge in [-0.05, 0) is 31.1 Å². The molecule has 0 unspecified atom stereocenters. The normalized spacial score (nSPS) is 11.7. The predicted octanol–water partition coefficient (Wildman–Crippen LogP) is 3.37. The van der Waals surface area contributed by atoms with Crippen LogP contribution >= 0.6 is 0 Å². The van der Waals surface area contributed by atoms with E-state index < -0.39 is 0 Å². The molecule has 0 saturated heterocycles. The largest absolute Gasteiger partial charge is 0.299 e. The molecule has 0 saturated carbocycles. The van der Waals surface area contributed by atoms with Gasteiger partial charge in [-0.25, -0.2) is 0 Å². The topological polar surface area (TPSA) is 37.8 Å². The van der Waals surface area contributed by atoms with E-state index in [-0.39, 0.29) is 5.56 Å². The van der Waals surface area contributed by atoms with Crippen LogP contribution in [0.2, 0.25) is 0 Å². The molecule has 0 aromatic carbocycles. The third kappa shape index (κ3) is 4.04. The maximum atomic E-state index is 12.4. The van der Waals surface area contributed by atoms with E-state index in [0.29, 0.717) is 11.8 Å². The molecule has 0 aliphatic rings. The summed E-state index contributed by atoms with van der Waals surface area (Å²) in [6.07, 6.45) is 4.20. The Morgan fingerprint density at radius 2 is 1.83 bits per heavy atom. The summed E-state index contributed by atoms with van der Waals surface area (Å²) in [6.45, 7) is 11.6. The van der Waals surface area contributed by atoms with E-state index in [1.54, 1.807) is 4.68 Å². The summed E-state index contributed by atoms with van der Waals surface area (Å²) >= 11 is 0. The van der Waals surface area contributed by atoms with Gasteiger partial charge in [0, 0.05) is 17.8 Å². The zero-order valence-corrected chi connectivity index (χ0v) is 12.5. The van der Waals surface area contributed by atoms with Gasteiger partial charge in [-0.3, -0.25) is 14.6 Å². The van der Waals surface area contributed by atoms with E-state index in [2.05, 4.69) is 39.7 Å². The lowest BCUT2D eigenvalue weighted by Gasteiger charge is -2.04. The van der Waals surface area contributed by atoms with E-state index in [4.69, 9.17) is 0 Å². The first-order chi connectivity index (χ1) is 8.45. The van der Waals surface area contributed by atoms with Crippen LogP contribution in [-0.4, -0.2) is 9.78 Å². The molecule has 0 amide bonds. The van der Waals surface area contributed by atoms with Gasteiger partial charge in [-0.1, -0.05) is 41.0 Å².